The molecule has 2 atom stereocenters. The summed E-state index contributed by atoms with van der Waals surface area (Å²) in [7, 11) is 0. The van der Waals surface area contributed by atoms with E-state index in [2.05, 4.69) is 49.3 Å². The Kier molecular flexibility index (Phi) is 7.77. The van der Waals surface area contributed by atoms with Gasteiger partial charge in [-0.1, -0.05) is 44.7 Å². The van der Waals surface area contributed by atoms with Crippen LogP contribution in [0.4, 0.5) is 0 Å². The van der Waals surface area contributed by atoms with Crippen molar-refractivity contribution in [3.8, 4) is 0 Å². The van der Waals surface area contributed by atoms with E-state index in [-0.39, 0.29) is 0 Å². The molecule has 1 heterocycles. The minimum absolute atomic E-state index is 0.331. The minimum Gasteiger partial charge on any atom is -0.373 e. The first kappa shape index (κ1) is 17.8. The summed E-state index contributed by atoms with van der Waals surface area (Å²) in [5.74, 6) is 0. The van der Waals surface area contributed by atoms with Gasteiger partial charge in [-0.2, -0.15) is 0 Å². The van der Waals surface area contributed by atoms with Crippen molar-refractivity contribution < 1.29 is 4.74 Å². The van der Waals surface area contributed by atoms with Gasteiger partial charge in [0.1, 0.15) is 0 Å². The maximum Gasteiger partial charge on any atom is 0.0687 e. The molecule has 1 aliphatic heterocycles. The Balaban J connectivity index is 1.80. The van der Waals surface area contributed by atoms with Crippen molar-refractivity contribution in [2.75, 3.05) is 13.1 Å². The highest BCUT2D eigenvalue weighted by atomic mass is 32.2. The molecule has 22 heavy (non-hydrogen) atoms. The molecule has 124 valence electrons. The molecule has 1 saturated heterocycles. The zero-order valence-corrected chi connectivity index (χ0v) is 15.2. The summed E-state index contributed by atoms with van der Waals surface area (Å²) in [5, 5.41) is 0. The number of benzene rings is 1. The largest absolute Gasteiger partial charge is 0.373 e. The second kappa shape index (κ2) is 9.59. The number of hydrogen-bond donors (Lipinski definition) is 0. The quantitative estimate of drug-likeness (QED) is 0.475. The van der Waals surface area contributed by atoms with Crippen molar-refractivity contribution in [2.24, 2.45) is 0 Å². The molecule has 1 aliphatic rings. The number of rotatable bonds is 8. The molecule has 0 aliphatic carbocycles. The van der Waals surface area contributed by atoms with Gasteiger partial charge in [-0.05, 0) is 56.3 Å². The van der Waals surface area contributed by atoms with E-state index < -0.39 is 0 Å². The Bertz CT molecular complexity index is 427. The third-order valence-electron chi connectivity index (χ3n) is 4.09. The van der Waals surface area contributed by atoms with E-state index in [1.807, 2.05) is 11.9 Å². The summed E-state index contributed by atoms with van der Waals surface area (Å²) in [6, 6.07) is 9.08. The number of morpholine rings is 1. The molecule has 2 nitrogen and oxygen atoms in total. The van der Waals surface area contributed by atoms with E-state index in [0.717, 1.165) is 13.1 Å². The molecule has 1 fully saturated rings. The average Bonchev–Trinajstić information content (AvgIpc) is 2.46. The van der Waals surface area contributed by atoms with Crippen molar-refractivity contribution in [2.45, 2.75) is 76.4 Å². The Morgan fingerprint density at radius 2 is 1.82 bits per heavy atom. The van der Waals surface area contributed by atoms with Gasteiger partial charge in [-0.3, -0.25) is 0 Å². The topological polar surface area (TPSA) is 12.5 Å². The fourth-order valence-electron chi connectivity index (χ4n) is 3.04. The van der Waals surface area contributed by atoms with Crippen LogP contribution in [0, 0.1) is 0 Å². The maximum atomic E-state index is 5.81. The lowest BCUT2D eigenvalue weighted by molar-refractivity contribution is -0.0414. The third-order valence-corrected chi connectivity index (χ3v) is 5.11. The molecule has 0 saturated carbocycles. The van der Waals surface area contributed by atoms with Crippen molar-refractivity contribution >= 4 is 11.9 Å². The van der Waals surface area contributed by atoms with Crippen LogP contribution in [0.1, 0.15) is 58.4 Å². The van der Waals surface area contributed by atoms with E-state index in [1.54, 1.807) is 0 Å². The van der Waals surface area contributed by atoms with Gasteiger partial charge in [-0.25, -0.2) is 4.31 Å². The summed E-state index contributed by atoms with van der Waals surface area (Å²) in [4.78, 5) is 1.37. The number of nitrogens with zero attached hydrogens (tertiary/aromatic N) is 1. The first-order valence-corrected chi connectivity index (χ1v) is 9.62. The van der Waals surface area contributed by atoms with Crippen molar-refractivity contribution in [1.29, 1.82) is 0 Å². The molecule has 0 spiro atoms. The van der Waals surface area contributed by atoms with Crippen LogP contribution in [0.2, 0.25) is 0 Å². The van der Waals surface area contributed by atoms with E-state index in [1.165, 1.54) is 49.0 Å². The lowest BCUT2D eigenvalue weighted by Crippen LogP contribution is -2.41. The van der Waals surface area contributed by atoms with Crippen molar-refractivity contribution in [3.63, 3.8) is 0 Å². The average molecular weight is 322 g/mol. The lowest BCUT2D eigenvalue weighted by Gasteiger charge is -2.34. The van der Waals surface area contributed by atoms with Crippen LogP contribution in [-0.4, -0.2) is 29.6 Å². The summed E-state index contributed by atoms with van der Waals surface area (Å²) in [6.45, 7) is 8.62. The monoisotopic (exact) mass is 321 g/mol. The molecular formula is C19H31NOS. The zero-order valence-electron chi connectivity index (χ0n) is 14.4. The first-order valence-electron chi connectivity index (χ1n) is 8.84. The van der Waals surface area contributed by atoms with Crippen LogP contribution in [0.5, 0.6) is 0 Å². The van der Waals surface area contributed by atoms with Crippen LogP contribution in [-0.2, 0) is 11.2 Å². The zero-order chi connectivity index (χ0) is 15.8. The van der Waals surface area contributed by atoms with Crippen molar-refractivity contribution in [1.82, 2.24) is 4.31 Å². The highest BCUT2D eigenvalue weighted by molar-refractivity contribution is 7.97. The lowest BCUT2D eigenvalue weighted by atomic mass is 10.1. The molecule has 2 rings (SSSR count). The van der Waals surface area contributed by atoms with Gasteiger partial charge in [-0.15, -0.1) is 0 Å². The minimum atomic E-state index is 0.331. The molecular weight excluding hydrogens is 290 g/mol. The third kappa shape index (κ3) is 6.31. The van der Waals surface area contributed by atoms with Gasteiger partial charge < -0.3 is 4.74 Å². The molecule has 1 aromatic carbocycles. The second-order valence-corrected chi connectivity index (χ2v) is 7.68. The Hall–Kier alpha value is -0.510. The Morgan fingerprint density at radius 1 is 1.09 bits per heavy atom. The molecule has 3 heteroatoms. The van der Waals surface area contributed by atoms with Gasteiger partial charge in [0.25, 0.3) is 0 Å². The number of ether oxygens (including phenoxy) is 1. The summed E-state index contributed by atoms with van der Waals surface area (Å²) >= 11 is 1.89. The summed E-state index contributed by atoms with van der Waals surface area (Å²) in [5.41, 5.74) is 1.48. The highest BCUT2D eigenvalue weighted by Gasteiger charge is 2.22. The predicted molar refractivity (Wildman–Crippen MR) is 96.3 cm³/mol. The molecule has 0 radical (unpaired) electrons. The SMILES string of the molecule is CCCCCCCc1cccc(SN2C[C@@H](C)O[C@@H](C)C2)c1. The molecule has 0 amide bonds. The maximum absolute atomic E-state index is 5.81. The molecule has 0 N–H and O–H groups in total. The molecule has 0 unspecified atom stereocenters. The first-order chi connectivity index (χ1) is 10.7. The standard InChI is InChI=1S/C19H31NOS/c1-4-5-6-7-8-10-18-11-9-12-19(13-18)22-20-14-16(2)21-17(3)15-20/h9,11-13,16-17H,4-8,10,14-15H2,1-3H3/t16-,17+. The molecule has 0 aromatic heterocycles. The van der Waals surface area contributed by atoms with E-state index in [0.29, 0.717) is 12.2 Å². The van der Waals surface area contributed by atoms with Crippen LogP contribution in [0.25, 0.3) is 0 Å². The highest BCUT2D eigenvalue weighted by Crippen LogP contribution is 2.27. The smallest absolute Gasteiger partial charge is 0.0687 e. The Morgan fingerprint density at radius 3 is 2.55 bits per heavy atom. The Labute approximate surface area is 140 Å². The van der Waals surface area contributed by atoms with E-state index in [4.69, 9.17) is 4.74 Å². The summed E-state index contributed by atoms with van der Waals surface area (Å²) in [6.07, 6.45) is 8.65. The fourth-order valence-corrected chi connectivity index (χ4v) is 4.26. The normalized spacial score (nSPS) is 22.9. The number of hydrogen-bond acceptors (Lipinski definition) is 3. The second-order valence-electron chi connectivity index (χ2n) is 6.51. The molecule has 0 bridgehead atoms. The van der Waals surface area contributed by atoms with Crippen LogP contribution < -0.4 is 0 Å². The van der Waals surface area contributed by atoms with Gasteiger partial charge >= 0.3 is 0 Å². The van der Waals surface area contributed by atoms with Gasteiger partial charge in [0.05, 0.1) is 12.2 Å². The van der Waals surface area contributed by atoms with Crippen LogP contribution in [0.3, 0.4) is 0 Å². The number of unbranched alkanes of at least 4 members (excludes halogenated alkanes) is 4. The van der Waals surface area contributed by atoms with E-state index in [9.17, 15) is 0 Å². The predicted octanol–water partition coefficient (Wildman–Crippen LogP) is 5.32. The van der Waals surface area contributed by atoms with Crippen molar-refractivity contribution in [3.05, 3.63) is 29.8 Å². The van der Waals surface area contributed by atoms with Crippen LogP contribution >= 0.6 is 11.9 Å². The van der Waals surface area contributed by atoms with Gasteiger partial charge in [0, 0.05) is 18.0 Å². The summed E-state index contributed by atoms with van der Waals surface area (Å²) < 4.78 is 8.25. The van der Waals surface area contributed by atoms with Gasteiger partial charge in [0.15, 0.2) is 0 Å². The molecule has 1 aromatic rings. The van der Waals surface area contributed by atoms with Gasteiger partial charge in [0.2, 0.25) is 0 Å². The van der Waals surface area contributed by atoms with E-state index >= 15 is 0 Å². The van der Waals surface area contributed by atoms with Crippen LogP contribution in [0.15, 0.2) is 29.2 Å². The number of aryl methyl sites for hydroxylation is 1. The fraction of sp³-hybridized carbons (Fsp3) is 0.684.